The van der Waals surface area contributed by atoms with Crippen molar-refractivity contribution in [3.8, 4) is 0 Å². The molecule has 0 bridgehead atoms. The maximum atomic E-state index is 10.7. The standard InChI is InChI=1S/C14H18ClNO/c1-9-7-10(2)14(17,8-9)13(16)11-5-3-4-6-12(11)15/h3-6,9-10,16-17H,7-8H2,1-2H3/t9-,10+,14?/m0/s1. The molecular formula is C14H18ClNO. The first-order chi connectivity index (χ1) is 7.95. The summed E-state index contributed by atoms with van der Waals surface area (Å²) >= 11 is 6.09. The molecule has 0 saturated heterocycles. The van der Waals surface area contributed by atoms with E-state index in [1.807, 2.05) is 19.1 Å². The summed E-state index contributed by atoms with van der Waals surface area (Å²) in [5, 5.41) is 19.5. The van der Waals surface area contributed by atoms with Crippen molar-refractivity contribution in [1.29, 1.82) is 5.41 Å². The van der Waals surface area contributed by atoms with Crippen molar-refractivity contribution >= 4 is 17.3 Å². The van der Waals surface area contributed by atoms with Gasteiger partial charge in [-0.2, -0.15) is 0 Å². The van der Waals surface area contributed by atoms with Gasteiger partial charge in [0.15, 0.2) is 0 Å². The van der Waals surface area contributed by atoms with Crippen LogP contribution < -0.4 is 0 Å². The summed E-state index contributed by atoms with van der Waals surface area (Å²) in [6, 6.07) is 7.25. The monoisotopic (exact) mass is 251 g/mol. The van der Waals surface area contributed by atoms with Crippen molar-refractivity contribution < 1.29 is 5.11 Å². The second-order valence-corrected chi connectivity index (χ2v) is 5.63. The molecule has 0 heterocycles. The van der Waals surface area contributed by atoms with Crippen LogP contribution in [0.1, 0.15) is 32.3 Å². The Kier molecular flexibility index (Phi) is 3.28. The quantitative estimate of drug-likeness (QED) is 0.777. The minimum atomic E-state index is -1.02. The highest BCUT2D eigenvalue weighted by Gasteiger charge is 2.45. The molecule has 3 heteroatoms. The normalized spacial score (nSPS) is 32.7. The topological polar surface area (TPSA) is 44.1 Å². The summed E-state index contributed by atoms with van der Waals surface area (Å²) in [5.74, 6) is 0.569. The summed E-state index contributed by atoms with van der Waals surface area (Å²) < 4.78 is 0. The van der Waals surface area contributed by atoms with Gasteiger partial charge in [0.25, 0.3) is 0 Å². The van der Waals surface area contributed by atoms with Gasteiger partial charge in [0, 0.05) is 10.6 Å². The van der Waals surface area contributed by atoms with Gasteiger partial charge < -0.3 is 10.5 Å². The first kappa shape index (κ1) is 12.6. The molecule has 0 aliphatic heterocycles. The molecule has 17 heavy (non-hydrogen) atoms. The number of nitrogens with one attached hydrogen (secondary N) is 1. The summed E-state index contributed by atoms with van der Waals surface area (Å²) in [7, 11) is 0. The van der Waals surface area contributed by atoms with E-state index in [0.29, 0.717) is 22.9 Å². The van der Waals surface area contributed by atoms with Gasteiger partial charge in [0.1, 0.15) is 5.60 Å². The van der Waals surface area contributed by atoms with Crippen LogP contribution in [0.15, 0.2) is 24.3 Å². The first-order valence-corrected chi connectivity index (χ1v) is 6.39. The zero-order valence-corrected chi connectivity index (χ0v) is 11.0. The largest absolute Gasteiger partial charge is 0.383 e. The Morgan fingerprint density at radius 1 is 1.41 bits per heavy atom. The highest BCUT2D eigenvalue weighted by atomic mass is 35.5. The molecule has 1 aliphatic rings. The van der Waals surface area contributed by atoms with E-state index in [2.05, 4.69) is 6.92 Å². The van der Waals surface area contributed by atoms with Crippen LogP contribution in [0.4, 0.5) is 0 Å². The van der Waals surface area contributed by atoms with Gasteiger partial charge in [0.05, 0.1) is 5.71 Å². The van der Waals surface area contributed by atoms with E-state index in [9.17, 15) is 5.11 Å². The van der Waals surface area contributed by atoms with Gasteiger partial charge in [-0.15, -0.1) is 0 Å². The van der Waals surface area contributed by atoms with Gasteiger partial charge in [-0.3, -0.25) is 0 Å². The van der Waals surface area contributed by atoms with Crippen LogP contribution in [0.2, 0.25) is 5.02 Å². The lowest BCUT2D eigenvalue weighted by Crippen LogP contribution is -2.41. The van der Waals surface area contributed by atoms with E-state index in [1.54, 1.807) is 12.1 Å². The first-order valence-electron chi connectivity index (χ1n) is 6.01. The lowest BCUT2D eigenvalue weighted by atomic mass is 9.84. The number of hydrogen-bond acceptors (Lipinski definition) is 2. The lowest BCUT2D eigenvalue weighted by Gasteiger charge is -2.29. The average Bonchev–Trinajstić information content (AvgIpc) is 2.53. The fraction of sp³-hybridized carbons (Fsp3) is 0.500. The molecule has 1 fully saturated rings. The second-order valence-electron chi connectivity index (χ2n) is 5.23. The Balaban J connectivity index is 2.35. The highest BCUT2D eigenvalue weighted by molar-refractivity contribution is 6.34. The van der Waals surface area contributed by atoms with Gasteiger partial charge in [-0.05, 0) is 30.7 Å². The molecule has 3 atom stereocenters. The molecule has 2 rings (SSSR count). The molecular weight excluding hydrogens is 234 g/mol. The van der Waals surface area contributed by atoms with Crippen LogP contribution >= 0.6 is 11.6 Å². The molecule has 0 radical (unpaired) electrons. The van der Waals surface area contributed by atoms with Crippen molar-refractivity contribution in [3.63, 3.8) is 0 Å². The van der Waals surface area contributed by atoms with E-state index >= 15 is 0 Å². The second kappa shape index (κ2) is 4.43. The van der Waals surface area contributed by atoms with E-state index in [1.165, 1.54) is 0 Å². The third-order valence-corrected chi connectivity index (χ3v) is 4.14. The number of halogens is 1. The number of benzene rings is 1. The number of hydrogen-bond donors (Lipinski definition) is 2. The summed E-state index contributed by atoms with van der Waals surface area (Å²) in [6.07, 6.45) is 1.61. The Morgan fingerprint density at radius 2 is 2.06 bits per heavy atom. The van der Waals surface area contributed by atoms with E-state index < -0.39 is 5.60 Å². The van der Waals surface area contributed by atoms with Gasteiger partial charge in [-0.25, -0.2) is 0 Å². The molecule has 1 unspecified atom stereocenters. The Bertz CT molecular complexity index is 446. The van der Waals surface area contributed by atoms with Gasteiger partial charge >= 0.3 is 0 Å². The molecule has 0 amide bonds. The van der Waals surface area contributed by atoms with Gasteiger partial charge in [0.2, 0.25) is 0 Å². The Hall–Kier alpha value is -0.860. The fourth-order valence-electron chi connectivity index (χ4n) is 2.86. The van der Waals surface area contributed by atoms with Crippen LogP contribution in [0.5, 0.6) is 0 Å². The predicted molar refractivity (Wildman–Crippen MR) is 70.8 cm³/mol. The van der Waals surface area contributed by atoms with Crippen molar-refractivity contribution in [2.75, 3.05) is 0 Å². The highest BCUT2D eigenvalue weighted by Crippen LogP contribution is 2.42. The average molecular weight is 252 g/mol. The van der Waals surface area contributed by atoms with Crippen LogP contribution in [-0.4, -0.2) is 16.4 Å². The fourth-order valence-corrected chi connectivity index (χ4v) is 3.09. The van der Waals surface area contributed by atoms with Crippen LogP contribution in [-0.2, 0) is 0 Å². The SMILES string of the molecule is C[C@H]1C[C@@H](C)C(O)(C(=N)c2ccccc2Cl)C1. The summed E-state index contributed by atoms with van der Waals surface area (Å²) in [6.45, 7) is 4.13. The van der Waals surface area contributed by atoms with Gasteiger partial charge in [-0.1, -0.05) is 43.6 Å². The van der Waals surface area contributed by atoms with Crippen molar-refractivity contribution in [2.24, 2.45) is 11.8 Å². The van der Waals surface area contributed by atoms with Crippen LogP contribution in [0.3, 0.4) is 0 Å². The molecule has 1 saturated carbocycles. The zero-order chi connectivity index (χ0) is 12.6. The minimum Gasteiger partial charge on any atom is -0.383 e. The van der Waals surface area contributed by atoms with E-state index in [0.717, 1.165) is 6.42 Å². The molecule has 1 aliphatic carbocycles. The van der Waals surface area contributed by atoms with Crippen molar-refractivity contribution in [2.45, 2.75) is 32.3 Å². The smallest absolute Gasteiger partial charge is 0.109 e. The Morgan fingerprint density at radius 3 is 2.59 bits per heavy atom. The van der Waals surface area contributed by atoms with E-state index in [4.69, 9.17) is 17.0 Å². The summed E-state index contributed by atoms with van der Waals surface area (Å²) in [4.78, 5) is 0. The maximum Gasteiger partial charge on any atom is 0.109 e. The third kappa shape index (κ3) is 2.12. The minimum absolute atomic E-state index is 0.112. The van der Waals surface area contributed by atoms with E-state index in [-0.39, 0.29) is 11.6 Å². The molecule has 2 N–H and O–H groups in total. The molecule has 1 aromatic rings. The number of aliphatic hydroxyl groups is 1. The van der Waals surface area contributed by atoms with Crippen LogP contribution in [0, 0.1) is 17.2 Å². The third-order valence-electron chi connectivity index (χ3n) is 3.81. The lowest BCUT2D eigenvalue weighted by molar-refractivity contribution is 0.0771. The molecule has 0 spiro atoms. The number of rotatable bonds is 2. The van der Waals surface area contributed by atoms with Crippen molar-refractivity contribution in [3.05, 3.63) is 34.9 Å². The van der Waals surface area contributed by atoms with Crippen LogP contribution in [0.25, 0.3) is 0 Å². The van der Waals surface area contributed by atoms with Crippen molar-refractivity contribution in [1.82, 2.24) is 0 Å². The zero-order valence-electron chi connectivity index (χ0n) is 10.2. The predicted octanol–water partition coefficient (Wildman–Crippen LogP) is 3.50. The molecule has 0 aromatic heterocycles. The molecule has 1 aromatic carbocycles. The summed E-state index contributed by atoms with van der Waals surface area (Å²) in [5.41, 5.74) is -0.109. The molecule has 2 nitrogen and oxygen atoms in total. The Labute approximate surface area is 107 Å². The maximum absolute atomic E-state index is 10.7. The molecule has 92 valence electrons.